The van der Waals surface area contributed by atoms with E-state index in [1.165, 1.54) is 12.0 Å². The smallest absolute Gasteiger partial charge is 0.0547 e. The summed E-state index contributed by atoms with van der Waals surface area (Å²) in [6.07, 6.45) is 3.42. The van der Waals surface area contributed by atoms with Gasteiger partial charge in [0.2, 0.25) is 0 Å². The minimum atomic E-state index is 0.334. The Hall–Kier alpha value is -0.0500. The molecule has 3 heteroatoms. The topological polar surface area (TPSA) is 26.0 Å². The predicted molar refractivity (Wildman–Crippen MR) is 67.7 cm³/mol. The maximum Gasteiger partial charge on any atom is 0.0547 e. The van der Waals surface area contributed by atoms with Gasteiger partial charge < -0.3 is 5.73 Å². The third-order valence-electron chi connectivity index (χ3n) is 3.66. The van der Waals surface area contributed by atoms with Gasteiger partial charge in [0.05, 0.1) is 5.02 Å². The van der Waals surface area contributed by atoms with Crippen molar-refractivity contribution < 1.29 is 0 Å². The highest BCUT2D eigenvalue weighted by atomic mass is 35.5. The maximum atomic E-state index is 6.22. The van der Waals surface area contributed by atoms with Crippen LogP contribution in [0.15, 0.2) is 10.8 Å². The van der Waals surface area contributed by atoms with E-state index in [2.05, 4.69) is 19.2 Å². The van der Waals surface area contributed by atoms with E-state index in [4.69, 9.17) is 17.3 Å². The van der Waals surface area contributed by atoms with Crippen molar-refractivity contribution in [1.82, 2.24) is 0 Å². The van der Waals surface area contributed by atoms with Gasteiger partial charge in [0.1, 0.15) is 0 Å². The zero-order valence-corrected chi connectivity index (χ0v) is 10.9. The second kappa shape index (κ2) is 4.08. The highest BCUT2D eigenvalue weighted by molar-refractivity contribution is 7.08. The van der Waals surface area contributed by atoms with Crippen molar-refractivity contribution in [3.05, 3.63) is 21.3 Å². The molecule has 2 unspecified atom stereocenters. The molecule has 2 atom stereocenters. The Balaban J connectivity index is 2.29. The molecule has 0 bridgehead atoms. The second-order valence-electron chi connectivity index (χ2n) is 5.25. The number of nitrogens with two attached hydrogens (primary N) is 1. The molecule has 15 heavy (non-hydrogen) atoms. The van der Waals surface area contributed by atoms with Crippen molar-refractivity contribution >= 4 is 22.9 Å². The molecule has 1 heterocycles. The van der Waals surface area contributed by atoms with Gasteiger partial charge in [-0.3, -0.25) is 0 Å². The molecule has 0 radical (unpaired) electrons. The van der Waals surface area contributed by atoms with Crippen LogP contribution in [0.3, 0.4) is 0 Å². The summed E-state index contributed by atoms with van der Waals surface area (Å²) in [6, 6.07) is 0.346. The molecule has 1 aromatic rings. The van der Waals surface area contributed by atoms with E-state index >= 15 is 0 Å². The fraction of sp³-hybridized carbons (Fsp3) is 0.667. The molecular weight excluding hydrogens is 226 g/mol. The summed E-state index contributed by atoms with van der Waals surface area (Å²) in [5, 5.41) is 5.13. The van der Waals surface area contributed by atoms with Crippen molar-refractivity contribution in [3.8, 4) is 0 Å². The van der Waals surface area contributed by atoms with Crippen LogP contribution < -0.4 is 5.73 Å². The van der Waals surface area contributed by atoms with E-state index in [0.717, 1.165) is 17.9 Å². The van der Waals surface area contributed by atoms with Crippen LogP contribution in [0.4, 0.5) is 0 Å². The third kappa shape index (κ3) is 2.22. The van der Waals surface area contributed by atoms with Crippen molar-refractivity contribution in [2.24, 2.45) is 11.1 Å². The van der Waals surface area contributed by atoms with Crippen molar-refractivity contribution in [2.75, 3.05) is 0 Å². The number of hydrogen-bond acceptors (Lipinski definition) is 2. The van der Waals surface area contributed by atoms with E-state index in [1.54, 1.807) is 11.3 Å². The monoisotopic (exact) mass is 243 g/mol. The van der Waals surface area contributed by atoms with Crippen LogP contribution in [0.25, 0.3) is 0 Å². The molecule has 0 saturated heterocycles. The molecule has 2 N–H and O–H groups in total. The van der Waals surface area contributed by atoms with Gasteiger partial charge in [-0.15, -0.1) is 0 Å². The second-order valence-corrected chi connectivity index (χ2v) is 6.40. The van der Waals surface area contributed by atoms with Gasteiger partial charge in [-0.2, -0.15) is 11.3 Å². The van der Waals surface area contributed by atoms with Gasteiger partial charge in [-0.25, -0.2) is 0 Å². The summed E-state index contributed by atoms with van der Waals surface area (Å²) in [5.74, 6) is 0.528. The fourth-order valence-corrected chi connectivity index (χ4v) is 3.73. The molecule has 0 aromatic carbocycles. The van der Waals surface area contributed by atoms with E-state index in [-0.39, 0.29) is 0 Å². The molecule has 0 amide bonds. The fourth-order valence-electron chi connectivity index (χ4n) is 2.56. The largest absolute Gasteiger partial charge is 0.328 e. The first kappa shape index (κ1) is 11.4. The zero-order chi connectivity index (χ0) is 11.1. The lowest BCUT2D eigenvalue weighted by atomic mass is 9.65. The molecule has 1 nitrogen and oxygen atoms in total. The Bertz CT molecular complexity index is 345. The lowest BCUT2D eigenvalue weighted by molar-refractivity contribution is 0.183. The van der Waals surface area contributed by atoms with Crippen LogP contribution in [0, 0.1) is 5.41 Å². The summed E-state index contributed by atoms with van der Waals surface area (Å²) >= 11 is 7.91. The summed E-state index contributed by atoms with van der Waals surface area (Å²) in [6.45, 7) is 4.66. The minimum absolute atomic E-state index is 0.334. The normalized spacial score (nSPS) is 30.4. The molecule has 2 rings (SSSR count). The molecule has 84 valence electrons. The molecule has 1 aliphatic rings. The number of hydrogen-bond donors (Lipinski definition) is 1. The van der Waals surface area contributed by atoms with Crippen LogP contribution in [0.2, 0.25) is 5.02 Å². The molecule has 0 spiro atoms. The van der Waals surface area contributed by atoms with Crippen LogP contribution >= 0.6 is 22.9 Å². The Morgan fingerprint density at radius 3 is 2.80 bits per heavy atom. The zero-order valence-electron chi connectivity index (χ0n) is 9.29. The van der Waals surface area contributed by atoms with Gasteiger partial charge in [0.25, 0.3) is 0 Å². The van der Waals surface area contributed by atoms with Crippen molar-refractivity contribution in [1.29, 1.82) is 0 Å². The predicted octanol–water partition coefficient (Wildman–Crippen LogP) is 4.02. The quantitative estimate of drug-likeness (QED) is 0.792. The molecule has 1 saturated carbocycles. The lowest BCUT2D eigenvalue weighted by Crippen LogP contribution is -2.36. The van der Waals surface area contributed by atoms with Crippen LogP contribution in [0.5, 0.6) is 0 Å². The number of halogens is 1. The van der Waals surface area contributed by atoms with Crippen LogP contribution in [0.1, 0.15) is 44.6 Å². The highest BCUT2D eigenvalue weighted by Gasteiger charge is 2.37. The van der Waals surface area contributed by atoms with Gasteiger partial charge in [-0.05, 0) is 41.5 Å². The van der Waals surface area contributed by atoms with E-state index in [1.807, 2.05) is 5.38 Å². The first-order valence-electron chi connectivity index (χ1n) is 5.48. The SMILES string of the molecule is CC1(C)CCC(N)CC1c1cscc1Cl. The van der Waals surface area contributed by atoms with Gasteiger partial charge in [0, 0.05) is 11.4 Å². The highest BCUT2D eigenvalue weighted by Crippen LogP contribution is 2.48. The van der Waals surface area contributed by atoms with E-state index in [0.29, 0.717) is 17.4 Å². The Morgan fingerprint density at radius 2 is 2.20 bits per heavy atom. The molecule has 1 aromatic heterocycles. The summed E-state index contributed by atoms with van der Waals surface area (Å²) in [7, 11) is 0. The first-order valence-corrected chi connectivity index (χ1v) is 6.80. The molecule has 1 aliphatic carbocycles. The van der Waals surface area contributed by atoms with Crippen LogP contribution in [-0.4, -0.2) is 6.04 Å². The van der Waals surface area contributed by atoms with Gasteiger partial charge in [0.15, 0.2) is 0 Å². The van der Waals surface area contributed by atoms with E-state index < -0.39 is 0 Å². The standard InChI is InChI=1S/C12H18ClNS/c1-12(2)4-3-8(14)5-10(12)9-6-15-7-11(9)13/h6-8,10H,3-5,14H2,1-2H3. The Kier molecular flexibility index (Phi) is 3.11. The van der Waals surface area contributed by atoms with Crippen LogP contribution in [-0.2, 0) is 0 Å². The van der Waals surface area contributed by atoms with Crippen molar-refractivity contribution in [2.45, 2.75) is 45.1 Å². The number of thiophene rings is 1. The molecular formula is C12H18ClNS. The minimum Gasteiger partial charge on any atom is -0.328 e. The average molecular weight is 244 g/mol. The lowest BCUT2D eigenvalue weighted by Gasteiger charge is -2.41. The average Bonchev–Trinajstić information content (AvgIpc) is 2.56. The summed E-state index contributed by atoms with van der Waals surface area (Å²) in [4.78, 5) is 0. The summed E-state index contributed by atoms with van der Waals surface area (Å²) in [5.41, 5.74) is 7.70. The summed E-state index contributed by atoms with van der Waals surface area (Å²) < 4.78 is 0. The maximum absolute atomic E-state index is 6.22. The number of rotatable bonds is 1. The van der Waals surface area contributed by atoms with Crippen molar-refractivity contribution in [3.63, 3.8) is 0 Å². The van der Waals surface area contributed by atoms with Gasteiger partial charge >= 0.3 is 0 Å². The van der Waals surface area contributed by atoms with Gasteiger partial charge in [-0.1, -0.05) is 25.4 Å². The Labute approximate surface area is 101 Å². The van der Waals surface area contributed by atoms with E-state index in [9.17, 15) is 0 Å². The Morgan fingerprint density at radius 1 is 1.47 bits per heavy atom. The molecule has 0 aliphatic heterocycles. The third-order valence-corrected chi connectivity index (χ3v) is 4.88. The molecule has 1 fully saturated rings. The first-order chi connectivity index (χ1) is 7.00.